The number of nitrogens with one attached hydrogen (secondary N) is 1. The Morgan fingerprint density at radius 1 is 1.20 bits per heavy atom. The fraction of sp³-hybridized carbons (Fsp3) is 0.133. The SMILES string of the molecule is NCC(=O)Nc1cccc(OCc2ccccc2F)c1. The molecule has 4 nitrogen and oxygen atoms in total. The number of rotatable bonds is 5. The summed E-state index contributed by atoms with van der Waals surface area (Å²) in [6.07, 6.45) is 0. The molecule has 0 spiro atoms. The zero-order chi connectivity index (χ0) is 14.4. The van der Waals surface area contributed by atoms with Crippen LogP contribution in [0.15, 0.2) is 48.5 Å². The van der Waals surface area contributed by atoms with E-state index in [-0.39, 0.29) is 24.9 Å². The Morgan fingerprint density at radius 3 is 2.75 bits per heavy atom. The summed E-state index contributed by atoms with van der Waals surface area (Å²) in [5, 5.41) is 2.62. The first-order valence-electron chi connectivity index (χ1n) is 6.15. The fourth-order valence-corrected chi connectivity index (χ4v) is 1.65. The second-order valence-corrected chi connectivity index (χ2v) is 4.16. The highest BCUT2D eigenvalue weighted by Crippen LogP contribution is 2.19. The van der Waals surface area contributed by atoms with Gasteiger partial charge in [0.05, 0.1) is 6.54 Å². The Labute approximate surface area is 116 Å². The molecule has 3 N–H and O–H groups in total. The van der Waals surface area contributed by atoms with Gasteiger partial charge in [0.25, 0.3) is 0 Å². The molecular weight excluding hydrogens is 259 g/mol. The molecule has 0 aliphatic carbocycles. The number of halogens is 1. The average molecular weight is 274 g/mol. The van der Waals surface area contributed by atoms with Gasteiger partial charge >= 0.3 is 0 Å². The minimum Gasteiger partial charge on any atom is -0.489 e. The molecular formula is C15H15FN2O2. The predicted octanol–water partition coefficient (Wildman–Crippen LogP) is 2.30. The molecule has 0 fully saturated rings. The lowest BCUT2D eigenvalue weighted by Crippen LogP contribution is -2.21. The van der Waals surface area contributed by atoms with Crippen LogP contribution in [0.2, 0.25) is 0 Å². The minimum atomic E-state index is -0.305. The Morgan fingerprint density at radius 2 is 2.00 bits per heavy atom. The van der Waals surface area contributed by atoms with Crippen LogP contribution in [0.4, 0.5) is 10.1 Å². The van der Waals surface area contributed by atoms with E-state index in [0.29, 0.717) is 17.0 Å². The van der Waals surface area contributed by atoms with E-state index in [1.165, 1.54) is 6.07 Å². The van der Waals surface area contributed by atoms with E-state index in [0.717, 1.165) is 0 Å². The summed E-state index contributed by atoms with van der Waals surface area (Å²) in [7, 11) is 0. The second-order valence-electron chi connectivity index (χ2n) is 4.16. The molecule has 2 aromatic rings. The fourth-order valence-electron chi connectivity index (χ4n) is 1.65. The molecule has 5 heteroatoms. The lowest BCUT2D eigenvalue weighted by atomic mass is 10.2. The first kappa shape index (κ1) is 14.0. The van der Waals surface area contributed by atoms with E-state index in [4.69, 9.17) is 10.5 Å². The van der Waals surface area contributed by atoms with Crippen molar-refractivity contribution < 1.29 is 13.9 Å². The largest absolute Gasteiger partial charge is 0.489 e. The summed E-state index contributed by atoms with van der Waals surface area (Å²) in [4.78, 5) is 11.2. The first-order chi connectivity index (χ1) is 9.69. The normalized spacial score (nSPS) is 10.1. The highest BCUT2D eigenvalue weighted by molar-refractivity contribution is 5.92. The van der Waals surface area contributed by atoms with Crippen LogP contribution in [-0.2, 0) is 11.4 Å². The number of hydrogen-bond donors (Lipinski definition) is 2. The van der Waals surface area contributed by atoms with E-state index in [1.807, 2.05) is 0 Å². The lowest BCUT2D eigenvalue weighted by Gasteiger charge is -2.09. The molecule has 0 aliphatic rings. The lowest BCUT2D eigenvalue weighted by molar-refractivity contribution is -0.114. The highest BCUT2D eigenvalue weighted by Gasteiger charge is 2.03. The van der Waals surface area contributed by atoms with Crippen molar-refractivity contribution in [1.82, 2.24) is 0 Å². The summed E-state index contributed by atoms with van der Waals surface area (Å²) < 4.78 is 18.9. The van der Waals surface area contributed by atoms with Crippen LogP contribution in [0.1, 0.15) is 5.56 Å². The first-order valence-corrected chi connectivity index (χ1v) is 6.15. The van der Waals surface area contributed by atoms with Crippen LogP contribution < -0.4 is 15.8 Å². The van der Waals surface area contributed by atoms with Gasteiger partial charge in [-0.05, 0) is 18.2 Å². The average Bonchev–Trinajstić information content (AvgIpc) is 2.47. The highest BCUT2D eigenvalue weighted by atomic mass is 19.1. The van der Waals surface area contributed by atoms with E-state index in [9.17, 15) is 9.18 Å². The smallest absolute Gasteiger partial charge is 0.238 e. The quantitative estimate of drug-likeness (QED) is 0.879. The van der Waals surface area contributed by atoms with Gasteiger partial charge < -0.3 is 15.8 Å². The summed E-state index contributed by atoms with van der Waals surface area (Å²) >= 11 is 0. The van der Waals surface area contributed by atoms with Gasteiger partial charge in [-0.3, -0.25) is 4.79 Å². The van der Waals surface area contributed by atoms with Crippen LogP contribution in [0, 0.1) is 5.82 Å². The molecule has 0 heterocycles. The van der Waals surface area contributed by atoms with Crippen LogP contribution in [0.3, 0.4) is 0 Å². The van der Waals surface area contributed by atoms with Crippen molar-refractivity contribution in [1.29, 1.82) is 0 Å². The van der Waals surface area contributed by atoms with Gasteiger partial charge in [0.1, 0.15) is 18.2 Å². The maximum absolute atomic E-state index is 13.4. The maximum atomic E-state index is 13.4. The maximum Gasteiger partial charge on any atom is 0.238 e. The Balaban J connectivity index is 2.01. The second kappa shape index (κ2) is 6.68. The number of ether oxygens (including phenoxy) is 1. The predicted molar refractivity (Wildman–Crippen MR) is 74.9 cm³/mol. The number of hydrogen-bond acceptors (Lipinski definition) is 3. The van der Waals surface area contributed by atoms with E-state index in [1.54, 1.807) is 42.5 Å². The monoisotopic (exact) mass is 274 g/mol. The molecule has 0 saturated heterocycles. The van der Waals surface area contributed by atoms with Crippen LogP contribution in [-0.4, -0.2) is 12.5 Å². The van der Waals surface area contributed by atoms with Crippen molar-refractivity contribution in [2.45, 2.75) is 6.61 Å². The van der Waals surface area contributed by atoms with Gasteiger partial charge in [-0.25, -0.2) is 4.39 Å². The van der Waals surface area contributed by atoms with Crippen molar-refractivity contribution in [3.8, 4) is 5.75 Å². The van der Waals surface area contributed by atoms with E-state index in [2.05, 4.69) is 5.32 Å². The zero-order valence-electron chi connectivity index (χ0n) is 10.8. The van der Waals surface area contributed by atoms with E-state index >= 15 is 0 Å². The van der Waals surface area contributed by atoms with Gasteiger partial charge in [-0.1, -0.05) is 24.3 Å². The number of benzene rings is 2. The minimum absolute atomic E-state index is 0.0830. The van der Waals surface area contributed by atoms with Crippen LogP contribution in [0.5, 0.6) is 5.75 Å². The number of nitrogens with two attached hydrogens (primary N) is 1. The Kier molecular flexibility index (Phi) is 4.68. The molecule has 0 saturated carbocycles. The molecule has 1 amide bonds. The van der Waals surface area contributed by atoms with Crippen molar-refractivity contribution in [3.63, 3.8) is 0 Å². The standard InChI is InChI=1S/C15H15FN2O2/c16-14-7-2-1-4-11(14)10-20-13-6-3-5-12(8-13)18-15(19)9-17/h1-8H,9-10,17H2,(H,18,19). The van der Waals surface area contributed by atoms with Gasteiger partial charge in [0.2, 0.25) is 5.91 Å². The molecule has 0 aliphatic heterocycles. The van der Waals surface area contributed by atoms with Gasteiger partial charge in [0.15, 0.2) is 0 Å². The topological polar surface area (TPSA) is 64.4 Å². The summed E-state index contributed by atoms with van der Waals surface area (Å²) in [5.41, 5.74) is 6.29. The molecule has 2 aromatic carbocycles. The molecule has 0 atom stereocenters. The number of amides is 1. The van der Waals surface area contributed by atoms with Gasteiger partial charge in [-0.2, -0.15) is 0 Å². The number of carbonyl (C=O) groups excluding carboxylic acids is 1. The van der Waals surface area contributed by atoms with Gasteiger partial charge in [-0.15, -0.1) is 0 Å². The van der Waals surface area contributed by atoms with Crippen molar-refractivity contribution in [3.05, 3.63) is 59.9 Å². The van der Waals surface area contributed by atoms with Crippen molar-refractivity contribution in [2.75, 3.05) is 11.9 Å². The van der Waals surface area contributed by atoms with Crippen LogP contribution >= 0.6 is 0 Å². The summed E-state index contributed by atoms with van der Waals surface area (Å²) in [6.45, 7) is 0.0429. The molecule has 0 unspecified atom stereocenters. The third kappa shape index (κ3) is 3.80. The summed E-state index contributed by atoms with van der Waals surface area (Å²) in [5.74, 6) is -0.0422. The van der Waals surface area contributed by atoms with Crippen molar-refractivity contribution >= 4 is 11.6 Å². The third-order valence-corrected chi connectivity index (χ3v) is 2.66. The van der Waals surface area contributed by atoms with Gasteiger partial charge in [0, 0.05) is 17.3 Å². The molecule has 0 radical (unpaired) electrons. The zero-order valence-corrected chi connectivity index (χ0v) is 10.8. The number of carbonyl (C=O) groups is 1. The van der Waals surface area contributed by atoms with Crippen LogP contribution in [0.25, 0.3) is 0 Å². The summed E-state index contributed by atoms with van der Waals surface area (Å²) in [6, 6.07) is 13.3. The van der Waals surface area contributed by atoms with E-state index < -0.39 is 0 Å². The molecule has 0 aromatic heterocycles. The molecule has 2 rings (SSSR count). The molecule has 20 heavy (non-hydrogen) atoms. The van der Waals surface area contributed by atoms with Crippen molar-refractivity contribution in [2.24, 2.45) is 5.73 Å². The molecule has 104 valence electrons. The Hall–Kier alpha value is -2.40. The molecule has 0 bridgehead atoms. The number of anilines is 1. The Bertz CT molecular complexity index is 602. The third-order valence-electron chi connectivity index (χ3n) is 2.66.